The normalized spacial score (nSPS) is 27.2. The number of nitrogens with zero attached hydrogens (tertiary/aromatic N) is 1. The van der Waals surface area contributed by atoms with Crippen molar-refractivity contribution in [3.63, 3.8) is 0 Å². The Labute approximate surface area is 171 Å². The average molecular weight is 424 g/mol. The van der Waals surface area contributed by atoms with Crippen molar-refractivity contribution in [2.45, 2.75) is 63.1 Å². The Balaban J connectivity index is 1.45. The minimum atomic E-state index is -4.28. The van der Waals surface area contributed by atoms with Crippen LogP contribution < -0.4 is 16.0 Å². The third-order valence-electron chi connectivity index (χ3n) is 6.02. The SMILES string of the molecule is O=C1CCC(N2Cc3cccc(CN[C@@H]4CCN[C@H](C(F)(F)F)C4)c3C2=O)C(=O)N1. The summed E-state index contributed by atoms with van der Waals surface area (Å²) in [6, 6.07) is 2.86. The van der Waals surface area contributed by atoms with Crippen molar-refractivity contribution in [2.75, 3.05) is 6.54 Å². The molecule has 3 N–H and O–H groups in total. The van der Waals surface area contributed by atoms with Gasteiger partial charge in [0.15, 0.2) is 0 Å². The molecule has 0 aliphatic carbocycles. The third-order valence-corrected chi connectivity index (χ3v) is 6.02. The zero-order valence-electron chi connectivity index (χ0n) is 16.2. The van der Waals surface area contributed by atoms with E-state index in [0.29, 0.717) is 17.5 Å². The number of carbonyl (C=O) groups excluding carboxylic acids is 3. The summed E-state index contributed by atoms with van der Waals surface area (Å²) in [6.07, 6.45) is -3.31. The van der Waals surface area contributed by atoms with Gasteiger partial charge in [-0.15, -0.1) is 0 Å². The second-order valence-corrected chi connectivity index (χ2v) is 8.00. The maximum Gasteiger partial charge on any atom is 0.403 e. The van der Waals surface area contributed by atoms with E-state index in [1.54, 1.807) is 12.1 Å². The van der Waals surface area contributed by atoms with Gasteiger partial charge in [0.2, 0.25) is 11.8 Å². The molecule has 3 amide bonds. The molecule has 0 spiro atoms. The molecule has 7 nitrogen and oxygen atoms in total. The quantitative estimate of drug-likeness (QED) is 0.633. The van der Waals surface area contributed by atoms with E-state index in [4.69, 9.17) is 0 Å². The highest BCUT2D eigenvalue weighted by Crippen LogP contribution is 2.30. The predicted molar refractivity (Wildman–Crippen MR) is 100 cm³/mol. The van der Waals surface area contributed by atoms with Gasteiger partial charge < -0.3 is 15.5 Å². The number of nitrogens with one attached hydrogen (secondary N) is 3. The lowest BCUT2D eigenvalue weighted by atomic mass is 9.97. The summed E-state index contributed by atoms with van der Waals surface area (Å²) in [5, 5.41) is 7.93. The van der Waals surface area contributed by atoms with Crippen molar-refractivity contribution in [2.24, 2.45) is 0 Å². The second-order valence-electron chi connectivity index (χ2n) is 8.00. The van der Waals surface area contributed by atoms with Crippen molar-refractivity contribution in [3.8, 4) is 0 Å². The standard InChI is InChI=1S/C20H23F3N4O3/c21-20(22,23)15-8-13(6-7-24-15)25-9-11-2-1-3-12-10-27(19(30)17(11)12)14-4-5-16(28)26-18(14)29/h1-3,13-15,24-25H,4-10H2,(H,26,28,29)/t13-,14?,15+/m1/s1. The first-order chi connectivity index (χ1) is 14.2. The molecule has 10 heteroatoms. The van der Waals surface area contributed by atoms with Crippen LogP contribution in [0.1, 0.15) is 47.2 Å². The molecule has 0 aromatic heterocycles. The van der Waals surface area contributed by atoms with Crippen LogP contribution in [-0.2, 0) is 22.7 Å². The fourth-order valence-electron chi connectivity index (χ4n) is 4.44. The lowest BCUT2D eigenvalue weighted by Gasteiger charge is -2.32. The van der Waals surface area contributed by atoms with E-state index in [1.165, 1.54) is 4.90 Å². The molecule has 2 saturated heterocycles. The molecule has 162 valence electrons. The highest BCUT2D eigenvalue weighted by atomic mass is 19.4. The summed E-state index contributed by atoms with van der Waals surface area (Å²) in [4.78, 5) is 38.1. The van der Waals surface area contributed by atoms with Gasteiger partial charge in [-0.2, -0.15) is 13.2 Å². The largest absolute Gasteiger partial charge is 0.403 e. The van der Waals surface area contributed by atoms with Gasteiger partial charge in [-0.1, -0.05) is 18.2 Å². The number of piperidine rings is 2. The molecule has 3 atom stereocenters. The fourth-order valence-corrected chi connectivity index (χ4v) is 4.44. The van der Waals surface area contributed by atoms with Crippen LogP contribution in [0.15, 0.2) is 18.2 Å². The Kier molecular flexibility index (Phi) is 5.54. The average Bonchev–Trinajstić information content (AvgIpc) is 3.03. The minimum absolute atomic E-state index is 0.0606. The number of amides is 3. The van der Waals surface area contributed by atoms with Crippen LogP contribution in [0, 0.1) is 0 Å². The van der Waals surface area contributed by atoms with Crippen molar-refractivity contribution in [1.29, 1.82) is 0 Å². The van der Waals surface area contributed by atoms with Crippen LogP contribution in [-0.4, -0.2) is 53.5 Å². The number of alkyl halides is 3. The molecule has 1 aromatic rings. The minimum Gasteiger partial charge on any atom is -0.322 e. The van der Waals surface area contributed by atoms with E-state index >= 15 is 0 Å². The molecule has 2 fully saturated rings. The fraction of sp³-hybridized carbons (Fsp3) is 0.550. The van der Waals surface area contributed by atoms with E-state index < -0.39 is 24.2 Å². The van der Waals surface area contributed by atoms with Gasteiger partial charge in [0, 0.05) is 31.1 Å². The summed E-state index contributed by atoms with van der Waals surface area (Å²) in [5.41, 5.74) is 1.98. The van der Waals surface area contributed by atoms with Gasteiger partial charge in [-0.3, -0.25) is 19.7 Å². The molecule has 0 radical (unpaired) electrons. The lowest BCUT2D eigenvalue weighted by molar-refractivity contribution is -0.161. The first-order valence-corrected chi connectivity index (χ1v) is 10.0. The van der Waals surface area contributed by atoms with E-state index in [2.05, 4.69) is 16.0 Å². The number of fused-ring (bicyclic) bond motifs is 1. The Hall–Kier alpha value is -2.46. The topological polar surface area (TPSA) is 90.5 Å². The number of halogens is 3. The monoisotopic (exact) mass is 424 g/mol. The molecule has 3 aliphatic heterocycles. The smallest absolute Gasteiger partial charge is 0.322 e. The summed E-state index contributed by atoms with van der Waals surface area (Å²) >= 11 is 0. The Morgan fingerprint density at radius 2 is 1.97 bits per heavy atom. The Morgan fingerprint density at radius 1 is 1.17 bits per heavy atom. The van der Waals surface area contributed by atoms with E-state index in [-0.39, 0.29) is 56.8 Å². The zero-order chi connectivity index (χ0) is 21.5. The van der Waals surface area contributed by atoms with Crippen molar-refractivity contribution < 1.29 is 27.6 Å². The second kappa shape index (κ2) is 7.99. The molecule has 0 bridgehead atoms. The first kappa shape index (κ1) is 20.8. The molecule has 3 heterocycles. The first-order valence-electron chi connectivity index (χ1n) is 10.0. The van der Waals surface area contributed by atoms with Gasteiger partial charge in [0.25, 0.3) is 5.91 Å². The Morgan fingerprint density at radius 3 is 2.70 bits per heavy atom. The van der Waals surface area contributed by atoms with E-state index in [1.807, 2.05) is 6.07 Å². The van der Waals surface area contributed by atoms with Crippen LogP contribution >= 0.6 is 0 Å². The van der Waals surface area contributed by atoms with E-state index in [0.717, 1.165) is 5.56 Å². The summed E-state index contributed by atoms with van der Waals surface area (Å²) in [5.74, 6) is -1.10. The number of rotatable bonds is 4. The lowest BCUT2D eigenvalue weighted by Crippen LogP contribution is -2.52. The van der Waals surface area contributed by atoms with Crippen LogP contribution in [0.4, 0.5) is 13.2 Å². The molecule has 4 rings (SSSR count). The predicted octanol–water partition coefficient (Wildman–Crippen LogP) is 1.22. The van der Waals surface area contributed by atoms with Gasteiger partial charge in [-0.25, -0.2) is 0 Å². The highest BCUT2D eigenvalue weighted by Gasteiger charge is 2.43. The molecule has 0 saturated carbocycles. The van der Waals surface area contributed by atoms with Crippen LogP contribution in [0.25, 0.3) is 0 Å². The highest BCUT2D eigenvalue weighted by molar-refractivity contribution is 6.05. The molecule has 30 heavy (non-hydrogen) atoms. The van der Waals surface area contributed by atoms with E-state index in [9.17, 15) is 27.6 Å². The van der Waals surface area contributed by atoms with Crippen molar-refractivity contribution in [1.82, 2.24) is 20.9 Å². The third kappa shape index (κ3) is 4.06. The number of imide groups is 1. The van der Waals surface area contributed by atoms with Gasteiger partial charge >= 0.3 is 6.18 Å². The molecular weight excluding hydrogens is 401 g/mol. The number of hydrogen-bond acceptors (Lipinski definition) is 5. The zero-order valence-corrected chi connectivity index (χ0v) is 16.2. The molecule has 1 aromatic carbocycles. The number of benzene rings is 1. The van der Waals surface area contributed by atoms with Crippen LogP contribution in [0.2, 0.25) is 0 Å². The molecular formula is C20H23F3N4O3. The van der Waals surface area contributed by atoms with Crippen molar-refractivity contribution in [3.05, 3.63) is 34.9 Å². The van der Waals surface area contributed by atoms with Crippen LogP contribution in [0.3, 0.4) is 0 Å². The van der Waals surface area contributed by atoms with Gasteiger partial charge in [0.1, 0.15) is 12.1 Å². The Bertz CT molecular complexity index is 873. The number of hydrogen-bond donors (Lipinski definition) is 3. The van der Waals surface area contributed by atoms with Crippen LogP contribution in [0.5, 0.6) is 0 Å². The maximum absolute atomic E-state index is 13.1. The van der Waals surface area contributed by atoms with Gasteiger partial charge in [0.05, 0.1) is 0 Å². The summed E-state index contributed by atoms with van der Waals surface area (Å²) < 4.78 is 39.0. The molecule has 1 unspecified atom stereocenters. The summed E-state index contributed by atoms with van der Waals surface area (Å²) in [6.45, 7) is 0.822. The molecule has 3 aliphatic rings. The van der Waals surface area contributed by atoms with Crippen molar-refractivity contribution >= 4 is 17.7 Å². The number of carbonyl (C=O) groups is 3. The summed E-state index contributed by atoms with van der Waals surface area (Å²) in [7, 11) is 0. The maximum atomic E-state index is 13.1. The van der Waals surface area contributed by atoms with Gasteiger partial charge in [-0.05, 0) is 36.9 Å².